The van der Waals surface area contributed by atoms with E-state index in [2.05, 4.69) is 34.5 Å². The zero-order valence-corrected chi connectivity index (χ0v) is 14.2. The first-order chi connectivity index (χ1) is 9.36. The monoisotopic (exact) mass is 332 g/mol. The van der Waals surface area contributed by atoms with Gasteiger partial charge in [-0.2, -0.15) is 0 Å². The van der Waals surface area contributed by atoms with E-state index in [1.54, 1.807) is 7.11 Å². The summed E-state index contributed by atoms with van der Waals surface area (Å²) in [7, 11) is 1.73. The van der Waals surface area contributed by atoms with Gasteiger partial charge in [-0.25, -0.2) is 0 Å². The van der Waals surface area contributed by atoms with Crippen LogP contribution in [0.4, 0.5) is 0 Å². The van der Waals surface area contributed by atoms with Gasteiger partial charge < -0.3 is 10.1 Å². The van der Waals surface area contributed by atoms with E-state index < -0.39 is 0 Å². The zero-order valence-electron chi connectivity index (χ0n) is 12.6. The number of methoxy groups -OCH3 is 1. The lowest BCUT2D eigenvalue weighted by atomic mass is 9.98. The minimum atomic E-state index is 0. The largest absolute Gasteiger partial charge is 0.497 e. The molecular formula is C16H26Cl2N2O. The predicted molar refractivity (Wildman–Crippen MR) is 92.0 cm³/mol. The van der Waals surface area contributed by atoms with Crippen molar-refractivity contribution < 1.29 is 4.74 Å². The molecule has 0 bridgehead atoms. The number of halogens is 2. The molecule has 5 heteroatoms. The molecular weight excluding hydrogens is 307 g/mol. The summed E-state index contributed by atoms with van der Waals surface area (Å²) in [5.74, 6) is 1.91. The lowest BCUT2D eigenvalue weighted by molar-refractivity contribution is 0.160. The van der Waals surface area contributed by atoms with Gasteiger partial charge in [0.1, 0.15) is 5.75 Å². The molecule has 2 aliphatic rings. The van der Waals surface area contributed by atoms with Crippen LogP contribution in [0.3, 0.4) is 0 Å². The number of benzene rings is 1. The minimum Gasteiger partial charge on any atom is -0.497 e. The summed E-state index contributed by atoms with van der Waals surface area (Å²) in [6.45, 7) is 4.58. The average molecular weight is 333 g/mol. The fourth-order valence-electron chi connectivity index (χ4n) is 2.99. The molecule has 0 amide bonds. The van der Waals surface area contributed by atoms with E-state index in [1.165, 1.54) is 37.9 Å². The third-order valence-corrected chi connectivity index (χ3v) is 4.35. The average Bonchev–Trinajstić information content (AvgIpc) is 3.30. The second-order valence-corrected chi connectivity index (χ2v) is 5.75. The molecule has 0 spiro atoms. The molecule has 1 saturated carbocycles. The molecule has 1 N–H and O–H groups in total. The number of piperazine rings is 1. The van der Waals surface area contributed by atoms with Crippen LogP contribution in [0.2, 0.25) is 0 Å². The van der Waals surface area contributed by atoms with E-state index in [9.17, 15) is 0 Å². The SMILES string of the molecule is COc1ccc([C@@H](CC2CC2)N2CCNCC2)cc1.Cl.Cl. The van der Waals surface area contributed by atoms with Crippen LogP contribution >= 0.6 is 24.8 Å². The molecule has 1 aromatic rings. The Labute approximate surface area is 140 Å². The van der Waals surface area contributed by atoms with Crippen molar-refractivity contribution in [2.75, 3.05) is 33.3 Å². The molecule has 1 aliphatic carbocycles. The Morgan fingerprint density at radius 3 is 2.29 bits per heavy atom. The Kier molecular flexibility index (Phi) is 7.82. The molecule has 120 valence electrons. The molecule has 0 aromatic heterocycles. The van der Waals surface area contributed by atoms with Crippen LogP contribution in [0.1, 0.15) is 30.9 Å². The Morgan fingerprint density at radius 2 is 1.76 bits per heavy atom. The van der Waals surface area contributed by atoms with Crippen LogP contribution in [-0.2, 0) is 0 Å². The molecule has 2 fully saturated rings. The van der Waals surface area contributed by atoms with Gasteiger partial charge in [-0.3, -0.25) is 4.90 Å². The molecule has 0 radical (unpaired) electrons. The fourth-order valence-corrected chi connectivity index (χ4v) is 2.99. The highest BCUT2D eigenvalue weighted by molar-refractivity contribution is 5.85. The smallest absolute Gasteiger partial charge is 0.118 e. The number of hydrogen-bond acceptors (Lipinski definition) is 3. The van der Waals surface area contributed by atoms with Crippen molar-refractivity contribution in [1.82, 2.24) is 10.2 Å². The Morgan fingerprint density at radius 1 is 1.14 bits per heavy atom. The lowest BCUT2D eigenvalue weighted by Crippen LogP contribution is -2.45. The summed E-state index contributed by atoms with van der Waals surface area (Å²) < 4.78 is 5.26. The molecule has 3 rings (SSSR count). The maximum absolute atomic E-state index is 5.26. The second kappa shape index (κ2) is 8.84. The Balaban J connectivity index is 0.00000110. The lowest BCUT2D eigenvalue weighted by Gasteiger charge is -2.35. The molecule has 3 nitrogen and oxygen atoms in total. The molecule has 1 heterocycles. The molecule has 0 unspecified atom stereocenters. The van der Waals surface area contributed by atoms with Gasteiger partial charge in [0.05, 0.1) is 7.11 Å². The second-order valence-electron chi connectivity index (χ2n) is 5.75. The van der Waals surface area contributed by atoms with Crippen LogP contribution < -0.4 is 10.1 Å². The van der Waals surface area contributed by atoms with Crippen molar-refractivity contribution in [3.8, 4) is 5.75 Å². The number of rotatable bonds is 5. The van der Waals surface area contributed by atoms with Crippen LogP contribution in [0.25, 0.3) is 0 Å². The number of ether oxygens (including phenoxy) is 1. The van der Waals surface area contributed by atoms with Gasteiger partial charge >= 0.3 is 0 Å². The van der Waals surface area contributed by atoms with Crippen LogP contribution in [-0.4, -0.2) is 38.2 Å². The molecule has 1 saturated heterocycles. The highest BCUT2D eigenvalue weighted by Crippen LogP contribution is 2.40. The van der Waals surface area contributed by atoms with E-state index in [0.29, 0.717) is 6.04 Å². The molecule has 21 heavy (non-hydrogen) atoms. The highest BCUT2D eigenvalue weighted by atomic mass is 35.5. The zero-order chi connectivity index (χ0) is 13.1. The quantitative estimate of drug-likeness (QED) is 0.895. The van der Waals surface area contributed by atoms with Gasteiger partial charge in [-0.05, 0) is 30.0 Å². The van der Waals surface area contributed by atoms with Crippen LogP contribution in [0.5, 0.6) is 5.75 Å². The standard InChI is InChI=1S/C16H24N2O.2ClH/c1-19-15-6-4-14(5-7-15)16(12-13-2-3-13)18-10-8-17-9-11-18;;/h4-7,13,16-17H,2-3,8-12H2,1H3;2*1H/t16-;;/m1../s1. The van der Waals surface area contributed by atoms with Crippen molar-refractivity contribution in [3.05, 3.63) is 29.8 Å². The molecule has 1 aliphatic heterocycles. The summed E-state index contributed by atoms with van der Waals surface area (Å²) in [5.41, 5.74) is 1.45. The third-order valence-electron chi connectivity index (χ3n) is 4.35. The van der Waals surface area contributed by atoms with Gasteiger partial charge in [0.2, 0.25) is 0 Å². The van der Waals surface area contributed by atoms with Crippen LogP contribution in [0.15, 0.2) is 24.3 Å². The predicted octanol–water partition coefficient (Wildman–Crippen LogP) is 3.29. The van der Waals surface area contributed by atoms with E-state index in [1.807, 2.05) is 0 Å². The van der Waals surface area contributed by atoms with Crippen molar-refractivity contribution in [1.29, 1.82) is 0 Å². The van der Waals surface area contributed by atoms with Crippen molar-refractivity contribution in [2.24, 2.45) is 5.92 Å². The van der Waals surface area contributed by atoms with E-state index in [0.717, 1.165) is 24.8 Å². The first-order valence-corrected chi connectivity index (χ1v) is 7.45. The number of nitrogens with one attached hydrogen (secondary N) is 1. The van der Waals surface area contributed by atoms with E-state index >= 15 is 0 Å². The van der Waals surface area contributed by atoms with E-state index in [-0.39, 0.29) is 24.8 Å². The third kappa shape index (κ3) is 5.03. The summed E-state index contributed by atoms with van der Waals surface area (Å²) in [4.78, 5) is 2.65. The maximum atomic E-state index is 5.26. The number of hydrogen-bond donors (Lipinski definition) is 1. The molecule has 1 aromatic carbocycles. The highest BCUT2D eigenvalue weighted by Gasteiger charge is 2.30. The summed E-state index contributed by atoms with van der Waals surface area (Å²) in [6.07, 6.45) is 4.18. The Bertz CT molecular complexity index is 403. The summed E-state index contributed by atoms with van der Waals surface area (Å²) >= 11 is 0. The molecule has 1 atom stereocenters. The van der Waals surface area contributed by atoms with Crippen LogP contribution in [0, 0.1) is 5.92 Å². The summed E-state index contributed by atoms with van der Waals surface area (Å²) in [6, 6.07) is 9.27. The van der Waals surface area contributed by atoms with Gasteiger partial charge in [0, 0.05) is 32.2 Å². The summed E-state index contributed by atoms with van der Waals surface area (Å²) in [5, 5.41) is 3.45. The minimum absolute atomic E-state index is 0. The van der Waals surface area contributed by atoms with Gasteiger partial charge in [0.25, 0.3) is 0 Å². The van der Waals surface area contributed by atoms with Crippen molar-refractivity contribution in [2.45, 2.75) is 25.3 Å². The maximum Gasteiger partial charge on any atom is 0.118 e. The normalized spacial score (nSPS) is 20.0. The van der Waals surface area contributed by atoms with Gasteiger partial charge in [-0.1, -0.05) is 25.0 Å². The fraction of sp³-hybridized carbons (Fsp3) is 0.625. The van der Waals surface area contributed by atoms with Crippen molar-refractivity contribution in [3.63, 3.8) is 0 Å². The van der Waals surface area contributed by atoms with Gasteiger partial charge in [0.15, 0.2) is 0 Å². The first-order valence-electron chi connectivity index (χ1n) is 7.45. The van der Waals surface area contributed by atoms with Crippen molar-refractivity contribution >= 4 is 24.8 Å². The first kappa shape index (κ1) is 18.6. The Hall–Kier alpha value is -0.480. The van der Waals surface area contributed by atoms with E-state index in [4.69, 9.17) is 4.74 Å². The van der Waals surface area contributed by atoms with Gasteiger partial charge in [-0.15, -0.1) is 24.8 Å². The topological polar surface area (TPSA) is 24.5 Å². The number of nitrogens with zero attached hydrogens (tertiary/aromatic N) is 1.